The summed E-state index contributed by atoms with van der Waals surface area (Å²) in [6.07, 6.45) is 6.65. The Hall–Kier alpha value is -2.04. The first-order valence-electron chi connectivity index (χ1n) is 12.0. The Morgan fingerprint density at radius 2 is 1.82 bits per heavy atom. The average Bonchev–Trinajstić information content (AvgIpc) is 3.56. The van der Waals surface area contributed by atoms with Gasteiger partial charge in [0.05, 0.1) is 10.9 Å². The standard InChI is InChI=1S/C23H32N6O3S/c1-15-9-16-10-24-21(26-17-5-7-29(8-6-17)33(31,32)18-3-4-18)27-19(16)20(25-15)28-13-23(14-28)11-22(2,30)12-23/h9-10,17-18,30H,3-8,11-14H2,1-2H3,(H,24,26,27). The summed E-state index contributed by atoms with van der Waals surface area (Å²) >= 11 is 0. The van der Waals surface area contributed by atoms with Crippen molar-refractivity contribution in [3.8, 4) is 0 Å². The third-order valence-electron chi connectivity index (χ3n) is 7.63. The van der Waals surface area contributed by atoms with Crippen LogP contribution in [0.5, 0.6) is 0 Å². The number of piperidine rings is 1. The fourth-order valence-corrected chi connectivity index (χ4v) is 8.03. The highest BCUT2D eigenvalue weighted by Gasteiger charge is 2.57. The molecule has 0 bridgehead atoms. The van der Waals surface area contributed by atoms with E-state index >= 15 is 0 Å². The Balaban J connectivity index is 1.16. The molecule has 1 spiro atoms. The van der Waals surface area contributed by atoms with E-state index in [2.05, 4.69) is 15.2 Å². The largest absolute Gasteiger partial charge is 0.390 e. The van der Waals surface area contributed by atoms with Gasteiger partial charge in [0.1, 0.15) is 5.52 Å². The number of nitrogens with one attached hydrogen (secondary N) is 1. The van der Waals surface area contributed by atoms with Crippen LogP contribution in [0.25, 0.3) is 10.9 Å². The Labute approximate surface area is 194 Å². The first-order valence-corrected chi connectivity index (χ1v) is 13.5. The van der Waals surface area contributed by atoms with Crippen LogP contribution >= 0.6 is 0 Å². The summed E-state index contributed by atoms with van der Waals surface area (Å²) in [5.41, 5.74) is 1.46. The summed E-state index contributed by atoms with van der Waals surface area (Å²) in [4.78, 5) is 16.4. The van der Waals surface area contributed by atoms with Gasteiger partial charge in [-0.3, -0.25) is 0 Å². The Morgan fingerprint density at radius 1 is 1.12 bits per heavy atom. The van der Waals surface area contributed by atoms with Crippen LogP contribution in [0.15, 0.2) is 12.3 Å². The van der Waals surface area contributed by atoms with Crippen molar-refractivity contribution in [2.24, 2.45) is 5.41 Å². The normalized spacial score (nSPS) is 25.1. The number of aliphatic hydroxyl groups is 1. The predicted octanol–water partition coefficient (Wildman–Crippen LogP) is 2.05. The molecule has 4 aliphatic rings. The fourth-order valence-electron chi connectivity index (χ4n) is 6.16. The van der Waals surface area contributed by atoms with Crippen molar-refractivity contribution < 1.29 is 13.5 Å². The number of anilines is 2. The van der Waals surface area contributed by atoms with E-state index in [0.717, 1.165) is 74.0 Å². The van der Waals surface area contributed by atoms with E-state index in [4.69, 9.17) is 9.97 Å². The van der Waals surface area contributed by atoms with Crippen molar-refractivity contribution in [1.29, 1.82) is 0 Å². The topological polar surface area (TPSA) is 112 Å². The van der Waals surface area contributed by atoms with Gasteiger partial charge in [-0.25, -0.2) is 27.7 Å². The molecular weight excluding hydrogens is 440 g/mol. The van der Waals surface area contributed by atoms with Gasteiger partial charge in [0.25, 0.3) is 0 Å². The summed E-state index contributed by atoms with van der Waals surface area (Å²) in [5.74, 6) is 1.46. The van der Waals surface area contributed by atoms with Gasteiger partial charge in [0.2, 0.25) is 16.0 Å². The third kappa shape index (κ3) is 3.85. The second-order valence-electron chi connectivity index (χ2n) is 11.0. The van der Waals surface area contributed by atoms with Crippen molar-refractivity contribution >= 4 is 32.7 Å². The van der Waals surface area contributed by atoms with E-state index in [1.165, 1.54) is 0 Å². The number of pyridine rings is 1. The minimum atomic E-state index is -3.10. The molecule has 0 aromatic carbocycles. The minimum absolute atomic E-state index is 0.146. The molecule has 2 saturated heterocycles. The molecule has 0 unspecified atom stereocenters. The predicted molar refractivity (Wildman–Crippen MR) is 127 cm³/mol. The van der Waals surface area contributed by atoms with Crippen molar-refractivity contribution in [2.75, 3.05) is 36.4 Å². The van der Waals surface area contributed by atoms with Crippen LogP contribution in [-0.2, 0) is 10.0 Å². The molecule has 10 heteroatoms. The smallest absolute Gasteiger partial charge is 0.223 e. The third-order valence-corrected chi connectivity index (χ3v) is 10.0. The van der Waals surface area contributed by atoms with Crippen LogP contribution in [-0.4, -0.2) is 75.9 Å². The molecular formula is C23H32N6O3S. The van der Waals surface area contributed by atoms with Crippen LogP contribution in [0.1, 0.15) is 51.1 Å². The van der Waals surface area contributed by atoms with Gasteiger partial charge < -0.3 is 15.3 Å². The SMILES string of the molecule is Cc1cc2cnc(NC3CCN(S(=O)(=O)C4CC4)CC3)nc2c(N2CC3(C2)CC(C)(O)C3)n1. The highest BCUT2D eigenvalue weighted by atomic mass is 32.2. The number of aromatic nitrogens is 3. The van der Waals surface area contributed by atoms with E-state index in [1.54, 1.807) is 4.31 Å². The van der Waals surface area contributed by atoms with Crippen molar-refractivity contribution in [2.45, 2.75) is 69.3 Å². The van der Waals surface area contributed by atoms with Gasteiger partial charge in [-0.05, 0) is 58.4 Å². The second kappa shape index (κ2) is 7.23. The van der Waals surface area contributed by atoms with E-state index in [9.17, 15) is 13.5 Å². The first-order chi connectivity index (χ1) is 15.6. The highest BCUT2D eigenvalue weighted by Crippen LogP contribution is 2.54. The Kier molecular flexibility index (Phi) is 4.71. The van der Waals surface area contributed by atoms with Gasteiger partial charge in [-0.2, -0.15) is 0 Å². The van der Waals surface area contributed by atoms with Gasteiger partial charge in [0, 0.05) is 54.9 Å². The molecule has 2 aliphatic carbocycles. The molecule has 178 valence electrons. The molecule has 2 saturated carbocycles. The fraction of sp³-hybridized carbons (Fsp3) is 0.696. The lowest BCUT2D eigenvalue weighted by atomic mass is 9.56. The number of nitrogens with zero attached hydrogens (tertiary/aromatic N) is 5. The van der Waals surface area contributed by atoms with Crippen LogP contribution in [0.3, 0.4) is 0 Å². The zero-order valence-corrected chi connectivity index (χ0v) is 20.1. The lowest BCUT2D eigenvalue weighted by molar-refractivity contribution is -0.126. The molecule has 0 atom stereocenters. The van der Waals surface area contributed by atoms with E-state index < -0.39 is 15.6 Å². The van der Waals surface area contributed by atoms with E-state index in [1.807, 2.05) is 26.1 Å². The molecule has 2 aliphatic heterocycles. The van der Waals surface area contributed by atoms with Gasteiger partial charge in [-0.1, -0.05) is 0 Å². The summed E-state index contributed by atoms with van der Waals surface area (Å²) < 4.78 is 26.6. The summed E-state index contributed by atoms with van der Waals surface area (Å²) in [6, 6.07) is 2.16. The average molecular weight is 473 g/mol. The van der Waals surface area contributed by atoms with Crippen LogP contribution in [0.2, 0.25) is 0 Å². The van der Waals surface area contributed by atoms with Crippen LogP contribution in [0, 0.1) is 12.3 Å². The zero-order valence-electron chi connectivity index (χ0n) is 19.3. The Morgan fingerprint density at radius 3 is 2.45 bits per heavy atom. The quantitative estimate of drug-likeness (QED) is 0.680. The lowest BCUT2D eigenvalue weighted by Crippen LogP contribution is -2.67. The molecule has 2 aromatic rings. The Bertz CT molecular complexity index is 1190. The van der Waals surface area contributed by atoms with Gasteiger partial charge in [-0.15, -0.1) is 0 Å². The van der Waals surface area contributed by atoms with Crippen molar-refractivity contribution in [3.63, 3.8) is 0 Å². The molecule has 4 fully saturated rings. The maximum Gasteiger partial charge on any atom is 0.223 e. The molecule has 0 radical (unpaired) electrons. The number of fused-ring (bicyclic) bond motifs is 1. The van der Waals surface area contributed by atoms with Crippen molar-refractivity contribution in [3.05, 3.63) is 18.0 Å². The lowest BCUT2D eigenvalue weighted by Gasteiger charge is -2.62. The molecule has 2 aromatic heterocycles. The van der Waals surface area contributed by atoms with Crippen LogP contribution < -0.4 is 10.2 Å². The summed E-state index contributed by atoms with van der Waals surface area (Å²) in [6.45, 7) is 6.80. The minimum Gasteiger partial charge on any atom is -0.390 e. The maximum absolute atomic E-state index is 12.5. The molecule has 0 amide bonds. The first kappa shape index (κ1) is 21.5. The number of hydrogen-bond donors (Lipinski definition) is 2. The number of hydrogen-bond acceptors (Lipinski definition) is 8. The zero-order chi connectivity index (χ0) is 23.0. The number of aryl methyl sites for hydroxylation is 1. The second-order valence-corrected chi connectivity index (χ2v) is 13.2. The number of rotatable bonds is 5. The van der Waals surface area contributed by atoms with Gasteiger partial charge >= 0.3 is 0 Å². The number of sulfonamides is 1. The molecule has 9 nitrogen and oxygen atoms in total. The maximum atomic E-state index is 12.5. The monoisotopic (exact) mass is 472 g/mol. The van der Waals surface area contributed by atoms with E-state index in [0.29, 0.717) is 19.0 Å². The molecule has 4 heterocycles. The molecule has 6 rings (SSSR count). The van der Waals surface area contributed by atoms with Gasteiger partial charge in [0.15, 0.2) is 5.82 Å². The summed E-state index contributed by atoms with van der Waals surface area (Å²) in [7, 11) is -3.10. The van der Waals surface area contributed by atoms with E-state index in [-0.39, 0.29) is 16.7 Å². The van der Waals surface area contributed by atoms with Crippen molar-refractivity contribution in [1.82, 2.24) is 19.3 Å². The van der Waals surface area contributed by atoms with Crippen LogP contribution in [0.4, 0.5) is 11.8 Å². The summed E-state index contributed by atoms with van der Waals surface area (Å²) in [5, 5.41) is 14.4. The highest BCUT2D eigenvalue weighted by molar-refractivity contribution is 7.90. The molecule has 33 heavy (non-hydrogen) atoms. The molecule has 2 N–H and O–H groups in total.